The predicted molar refractivity (Wildman–Crippen MR) is 59.2 cm³/mol. The number of hydrogen-bond donors (Lipinski definition) is 0. The van der Waals surface area contributed by atoms with Crippen LogP contribution >= 0.6 is 23.4 Å². The van der Waals surface area contributed by atoms with Gasteiger partial charge in [-0.1, -0.05) is 12.8 Å². The number of halogens is 1. The normalized spacial score (nSPS) is 21.5. The summed E-state index contributed by atoms with van der Waals surface area (Å²) in [4.78, 5) is 0. The van der Waals surface area contributed by atoms with Crippen molar-refractivity contribution in [3.8, 4) is 0 Å². The molecule has 0 aliphatic heterocycles. The average molecular weight is 207 g/mol. The largest absolute Gasteiger partial charge is 0.165 e. The minimum absolute atomic E-state index is 0.472. The zero-order valence-electron chi connectivity index (χ0n) is 7.89. The molecule has 0 aromatic heterocycles. The zero-order chi connectivity index (χ0) is 8.81. The molecule has 0 amide bonds. The van der Waals surface area contributed by atoms with Crippen LogP contribution in [-0.4, -0.2) is 17.4 Å². The van der Waals surface area contributed by atoms with Crippen molar-refractivity contribution in [2.24, 2.45) is 5.92 Å². The second kappa shape index (κ2) is 6.15. The van der Waals surface area contributed by atoms with Crippen molar-refractivity contribution in [3.05, 3.63) is 0 Å². The lowest BCUT2D eigenvalue weighted by Crippen LogP contribution is -2.11. The van der Waals surface area contributed by atoms with E-state index in [1.54, 1.807) is 0 Å². The van der Waals surface area contributed by atoms with Gasteiger partial charge in [-0.05, 0) is 43.6 Å². The second-order valence-corrected chi connectivity index (χ2v) is 5.24. The minimum Gasteiger partial charge on any atom is -0.165 e. The van der Waals surface area contributed by atoms with Crippen molar-refractivity contribution >= 4 is 23.4 Å². The summed E-state index contributed by atoms with van der Waals surface area (Å²) >= 11 is 8.24. The Balaban J connectivity index is 2.05. The topological polar surface area (TPSA) is 0 Å². The molecule has 0 saturated heterocycles. The van der Waals surface area contributed by atoms with Crippen molar-refractivity contribution in [2.45, 2.75) is 43.9 Å². The molecule has 0 aromatic carbocycles. The summed E-state index contributed by atoms with van der Waals surface area (Å²) in [6.07, 6.45) is 10.3. The Hall–Kier alpha value is 0.640. The molecule has 1 aliphatic rings. The Labute approximate surface area is 85.4 Å². The fourth-order valence-corrected chi connectivity index (χ4v) is 2.84. The van der Waals surface area contributed by atoms with Gasteiger partial charge in [-0.25, -0.2) is 0 Å². The molecule has 2 heteroatoms. The first-order valence-corrected chi connectivity index (χ1v) is 6.80. The van der Waals surface area contributed by atoms with E-state index in [0.717, 1.165) is 5.92 Å². The Kier molecular flexibility index (Phi) is 5.49. The van der Waals surface area contributed by atoms with Crippen molar-refractivity contribution < 1.29 is 0 Å². The summed E-state index contributed by atoms with van der Waals surface area (Å²) in [5, 5.41) is 0.472. The molecule has 1 aliphatic carbocycles. The van der Waals surface area contributed by atoms with E-state index in [1.807, 2.05) is 11.8 Å². The van der Waals surface area contributed by atoms with Crippen molar-refractivity contribution in [2.75, 3.05) is 12.0 Å². The quantitative estimate of drug-likeness (QED) is 0.485. The molecular formula is C10H19ClS. The van der Waals surface area contributed by atoms with Gasteiger partial charge in [-0.15, -0.1) is 11.6 Å². The average Bonchev–Trinajstić information content (AvgIpc) is 2.56. The lowest BCUT2D eigenvalue weighted by atomic mass is 10.0. The van der Waals surface area contributed by atoms with E-state index < -0.39 is 0 Å². The zero-order valence-corrected chi connectivity index (χ0v) is 9.46. The molecular weight excluding hydrogens is 188 g/mol. The van der Waals surface area contributed by atoms with E-state index in [4.69, 9.17) is 11.6 Å². The molecule has 1 fully saturated rings. The van der Waals surface area contributed by atoms with Gasteiger partial charge in [0.15, 0.2) is 0 Å². The molecule has 1 saturated carbocycles. The molecule has 0 aromatic rings. The van der Waals surface area contributed by atoms with Gasteiger partial charge in [0.2, 0.25) is 0 Å². The van der Waals surface area contributed by atoms with Gasteiger partial charge in [0.25, 0.3) is 0 Å². The Morgan fingerprint density at radius 1 is 1.42 bits per heavy atom. The van der Waals surface area contributed by atoms with Gasteiger partial charge in [-0.2, -0.15) is 11.8 Å². The molecule has 1 atom stereocenters. The lowest BCUT2D eigenvalue weighted by molar-refractivity contribution is 0.490. The molecule has 1 unspecified atom stereocenters. The van der Waals surface area contributed by atoms with E-state index in [0.29, 0.717) is 5.38 Å². The first-order valence-electron chi connectivity index (χ1n) is 4.97. The maximum absolute atomic E-state index is 6.31. The smallest absolute Gasteiger partial charge is 0.0364 e. The summed E-state index contributed by atoms with van der Waals surface area (Å²) in [5.74, 6) is 2.11. The van der Waals surface area contributed by atoms with Crippen LogP contribution < -0.4 is 0 Å². The summed E-state index contributed by atoms with van der Waals surface area (Å²) in [6, 6.07) is 0. The fourth-order valence-electron chi connectivity index (χ4n) is 1.98. The van der Waals surface area contributed by atoms with Gasteiger partial charge in [0.1, 0.15) is 0 Å². The highest BCUT2D eigenvalue weighted by atomic mass is 35.5. The summed E-state index contributed by atoms with van der Waals surface area (Å²) in [6.45, 7) is 0. The fraction of sp³-hybridized carbons (Fsp3) is 1.00. The summed E-state index contributed by atoms with van der Waals surface area (Å²) < 4.78 is 0. The van der Waals surface area contributed by atoms with E-state index in [9.17, 15) is 0 Å². The van der Waals surface area contributed by atoms with Crippen LogP contribution in [0.1, 0.15) is 38.5 Å². The molecule has 0 bridgehead atoms. The first-order chi connectivity index (χ1) is 5.84. The molecule has 72 valence electrons. The van der Waals surface area contributed by atoms with Crippen molar-refractivity contribution in [1.29, 1.82) is 0 Å². The standard InChI is InChI=1S/C10H19ClS/c1-12-8-4-7-10(11)9-5-2-3-6-9/h9-10H,2-8H2,1H3. The summed E-state index contributed by atoms with van der Waals surface area (Å²) in [5.41, 5.74) is 0. The van der Waals surface area contributed by atoms with Gasteiger partial charge in [0, 0.05) is 5.38 Å². The number of alkyl halides is 1. The van der Waals surface area contributed by atoms with Crippen LogP contribution in [0.5, 0.6) is 0 Å². The van der Waals surface area contributed by atoms with Crippen LogP contribution in [0.15, 0.2) is 0 Å². The maximum Gasteiger partial charge on any atom is 0.0364 e. The van der Waals surface area contributed by atoms with E-state index in [-0.39, 0.29) is 0 Å². The highest BCUT2D eigenvalue weighted by molar-refractivity contribution is 7.98. The Bertz CT molecular complexity index is 110. The third kappa shape index (κ3) is 3.57. The highest BCUT2D eigenvalue weighted by Crippen LogP contribution is 2.32. The van der Waals surface area contributed by atoms with Crippen LogP contribution in [0.25, 0.3) is 0 Å². The van der Waals surface area contributed by atoms with Gasteiger partial charge in [-0.3, -0.25) is 0 Å². The Morgan fingerprint density at radius 2 is 2.08 bits per heavy atom. The molecule has 0 N–H and O–H groups in total. The van der Waals surface area contributed by atoms with Crippen molar-refractivity contribution in [1.82, 2.24) is 0 Å². The maximum atomic E-state index is 6.31. The van der Waals surface area contributed by atoms with Crippen LogP contribution in [0.3, 0.4) is 0 Å². The molecule has 0 spiro atoms. The molecule has 0 nitrogen and oxygen atoms in total. The predicted octanol–water partition coefficient (Wildman–Crippen LogP) is 3.93. The highest BCUT2D eigenvalue weighted by Gasteiger charge is 2.22. The molecule has 0 radical (unpaired) electrons. The van der Waals surface area contributed by atoms with Crippen LogP contribution in [0, 0.1) is 5.92 Å². The SMILES string of the molecule is CSCCCC(Cl)C1CCCC1. The van der Waals surface area contributed by atoms with E-state index >= 15 is 0 Å². The third-order valence-corrected chi connectivity index (χ3v) is 4.01. The summed E-state index contributed by atoms with van der Waals surface area (Å²) in [7, 11) is 0. The molecule has 12 heavy (non-hydrogen) atoms. The van der Waals surface area contributed by atoms with Crippen molar-refractivity contribution in [3.63, 3.8) is 0 Å². The van der Waals surface area contributed by atoms with E-state index in [2.05, 4.69) is 6.26 Å². The second-order valence-electron chi connectivity index (χ2n) is 3.70. The van der Waals surface area contributed by atoms with Crippen LogP contribution in [0.2, 0.25) is 0 Å². The Morgan fingerprint density at radius 3 is 2.67 bits per heavy atom. The van der Waals surface area contributed by atoms with Gasteiger partial charge in [0.05, 0.1) is 0 Å². The number of thioether (sulfide) groups is 1. The van der Waals surface area contributed by atoms with Crippen LogP contribution in [0.4, 0.5) is 0 Å². The first kappa shape index (κ1) is 10.7. The van der Waals surface area contributed by atoms with Gasteiger partial charge < -0.3 is 0 Å². The minimum atomic E-state index is 0.472. The number of rotatable bonds is 5. The molecule has 1 rings (SSSR count). The number of hydrogen-bond acceptors (Lipinski definition) is 1. The molecule has 0 heterocycles. The van der Waals surface area contributed by atoms with Gasteiger partial charge >= 0.3 is 0 Å². The lowest BCUT2D eigenvalue weighted by Gasteiger charge is -2.15. The monoisotopic (exact) mass is 206 g/mol. The van der Waals surface area contributed by atoms with E-state index in [1.165, 1.54) is 44.3 Å². The third-order valence-electron chi connectivity index (χ3n) is 2.74. The van der Waals surface area contributed by atoms with Crippen LogP contribution in [-0.2, 0) is 0 Å².